The molecule has 0 fully saturated rings. The summed E-state index contributed by atoms with van der Waals surface area (Å²) in [6, 6.07) is 4.90. The Kier molecular flexibility index (Phi) is 1.33. The summed E-state index contributed by atoms with van der Waals surface area (Å²) in [5, 5.41) is 11.9. The third-order valence-corrected chi connectivity index (χ3v) is 2.15. The molecular formula is C9H9NO2. The van der Waals surface area contributed by atoms with E-state index >= 15 is 0 Å². The van der Waals surface area contributed by atoms with Gasteiger partial charge in [0.2, 0.25) is 5.91 Å². The number of hydrogen-bond acceptors (Lipinski definition) is 2. The molecule has 12 heavy (non-hydrogen) atoms. The normalized spacial score (nSPS) is 20.4. The Morgan fingerprint density at radius 2 is 2.25 bits per heavy atom. The summed E-state index contributed by atoms with van der Waals surface area (Å²) in [4.78, 5) is 11.1. The third-order valence-electron chi connectivity index (χ3n) is 2.15. The number of aromatic hydroxyl groups is 1. The first kappa shape index (κ1) is 7.16. The average Bonchev–Trinajstić information content (AvgIpc) is 2.31. The molecule has 0 aliphatic carbocycles. The molecule has 1 aromatic carbocycles. The average molecular weight is 163 g/mol. The van der Waals surface area contributed by atoms with Gasteiger partial charge >= 0.3 is 0 Å². The van der Waals surface area contributed by atoms with E-state index in [4.69, 9.17) is 5.11 Å². The second kappa shape index (κ2) is 2.24. The molecular weight excluding hydrogens is 154 g/mol. The van der Waals surface area contributed by atoms with Gasteiger partial charge < -0.3 is 10.4 Å². The first-order valence-corrected chi connectivity index (χ1v) is 3.82. The van der Waals surface area contributed by atoms with Crippen LogP contribution in [0, 0.1) is 0 Å². The van der Waals surface area contributed by atoms with E-state index in [1.165, 1.54) is 0 Å². The van der Waals surface area contributed by atoms with Crippen LogP contribution in [0.1, 0.15) is 18.4 Å². The highest BCUT2D eigenvalue weighted by Crippen LogP contribution is 2.34. The lowest BCUT2D eigenvalue weighted by Crippen LogP contribution is -2.08. The maximum absolute atomic E-state index is 11.1. The summed E-state index contributed by atoms with van der Waals surface area (Å²) in [5.41, 5.74) is 1.69. The molecule has 2 rings (SSSR count). The van der Waals surface area contributed by atoms with Crippen LogP contribution < -0.4 is 5.32 Å². The Labute approximate surface area is 70.0 Å². The van der Waals surface area contributed by atoms with Crippen LogP contribution in [0.4, 0.5) is 5.69 Å². The first-order valence-electron chi connectivity index (χ1n) is 3.82. The van der Waals surface area contributed by atoms with E-state index in [0.29, 0.717) is 0 Å². The second-order valence-corrected chi connectivity index (χ2v) is 2.98. The molecule has 0 saturated heterocycles. The summed E-state index contributed by atoms with van der Waals surface area (Å²) in [7, 11) is 0. The highest BCUT2D eigenvalue weighted by molar-refractivity contribution is 6.02. The fourth-order valence-electron chi connectivity index (χ4n) is 1.40. The van der Waals surface area contributed by atoms with Crippen LogP contribution in [0.15, 0.2) is 18.2 Å². The highest BCUT2D eigenvalue weighted by atomic mass is 16.3. The van der Waals surface area contributed by atoms with Crippen molar-refractivity contribution in [1.82, 2.24) is 0 Å². The fourth-order valence-corrected chi connectivity index (χ4v) is 1.40. The number of phenolic OH excluding ortho intramolecular Hbond substituents is 1. The van der Waals surface area contributed by atoms with Gasteiger partial charge in [-0.15, -0.1) is 0 Å². The monoisotopic (exact) mass is 163 g/mol. The van der Waals surface area contributed by atoms with Crippen molar-refractivity contribution in [3.8, 4) is 5.75 Å². The Morgan fingerprint density at radius 3 is 3.00 bits per heavy atom. The van der Waals surface area contributed by atoms with Crippen molar-refractivity contribution < 1.29 is 9.90 Å². The lowest BCUT2D eigenvalue weighted by molar-refractivity contribution is -0.116. The van der Waals surface area contributed by atoms with Crippen molar-refractivity contribution in [3.05, 3.63) is 23.8 Å². The van der Waals surface area contributed by atoms with Crippen molar-refractivity contribution >= 4 is 11.6 Å². The number of fused-ring (bicyclic) bond motifs is 1. The van der Waals surface area contributed by atoms with Gasteiger partial charge in [0.1, 0.15) is 5.75 Å². The summed E-state index contributed by atoms with van der Waals surface area (Å²) >= 11 is 0. The smallest absolute Gasteiger partial charge is 0.231 e. The number of rotatable bonds is 0. The van der Waals surface area contributed by atoms with Crippen molar-refractivity contribution in [2.24, 2.45) is 0 Å². The molecule has 1 aromatic rings. The summed E-state index contributed by atoms with van der Waals surface area (Å²) < 4.78 is 0. The Morgan fingerprint density at radius 1 is 1.50 bits per heavy atom. The van der Waals surface area contributed by atoms with Gasteiger partial charge in [-0.3, -0.25) is 4.79 Å². The van der Waals surface area contributed by atoms with Gasteiger partial charge in [-0.2, -0.15) is 0 Å². The van der Waals surface area contributed by atoms with E-state index in [2.05, 4.69) is 5.32 Å². The van der Waals surface area contributed by atoms with Crippen molar-refractivity contribution in [2.75, 3.05) is 5.32 Å². The number of benzene rings is 1. The second-order valence-electron chi connectivity index (χ2n) is 2.98. The largest absolute Gasteiger partial charge is 0.508 e. The Balaban J connectivity index is 2.55. The molecule has 1 aliphatic rings. The molecule has 3 heteroatoms. The Bertz CT molecular complexity index is 346. The molecule has 1 unspecified atom stereocenters. The van der Waals surface area contributed by atoms with E-state index in [1.807, 2.05) is 6.92 Å². The number of phenols is 1. The minimum absolute atomic E-state index is 0.00407. The van der Waals surface area contributed by atoms with Crippen LogP contribution in [0.3, 0.4) is 0 Å². The van der Waals surface area contributed by atoms with Crippen LogP contribution >= 0.6 is 0 Å². The van der Waals surface area contributed by atoms with Gasteiger partial charge in [0.15, 0.2) is 0 Å². The zero-order chi connectivity index (χ0) is 8.72. The van der Waals surface area contributed by atoms with E-state index in [1.54, 1.807) is 18.2 Å². The minimum Gasteiger partial charge on any atom is -0.508 e. The minimum atomic E-state index is -0.146. The van der Waals surface area contributed by atoms with Crippen LogP contribution in [0.2, 0.25) is 0 Å². The predicted molar refractivity (Wildman–Crippen MR) is 45.2 cm³/mol. The van der Waals surface area contributed by atoms with Crippen molar-refractivity contribution in [2.45, 2.75) is 12.8 Å². The summed E-state index contributed by atoms with van der Waals surface area (Å²) in [6.45, 7) is 1.82. The molecule has 0 bridgehead atoms. The van der Waals surface area contributed by atoms with Crippen LogP contribution in [0.5, 0.6) is 5.75 Å². The molecule has 1 aliphatic heterocycles. The van der Waals surface area contributed by atoms with Gasteiger partial charge in [-0.1, -0.05) is 0 Å². The molecule has 2 N–H and O–H groups in total. The Hall–Kier alpha value is -1.51. The number of hydrogen-bond donors (Lipinski definition) is 2. The van der Waals surface area contributed by atoms with E-state index < -0.39 is 0 Å². The first-order chi connectivity index (χ1) is 5.68. The molecule has 62 valence electrons. The number of carbonyl (C=O) groups excluding carboxylic acids is 1. The van der Waals surface area contributed by atoms with Gasteiger partial charge in [0, 0.05) is 5.69 Å². The number of amides is 1. The maximum atomic E-state index is 11.1. The lowest BCUT2D eigenvalue weighted by atomic mass is 10.0. The van der Waals surface area contributed by atoms with Gasteiger partial charge in [-0.25, -0.2) is 0 Å². The number of nitrogens with one attached hydrogen (secondary N) is 1. The molecule has 0 aromatic heterocycles. The number of anilines is 1. The highest BCUT2D eigenvalue weighted by Gasteiger charge is 2.26. The summed E-state index contributed by atoms with van der Waals surface area (Å²) in [6.07, 6.45) is 0. The summed E-state index contributed by atoms with van der Waals surface area (Å²) in [5.74, 6) is 0.0554. The van der Waals surface area contributed by atoms with Crippen LogP contribution in [-0.2, 0) is 4.79 Å². The molecule has 1 atom stereocenters. The van der Waals surface area contributed by atoms with E-state index in [0.717, 1.165) is 11.3 Å². The van der Waals surface area contributed by atoms with Crippen LogP contribution in [-0.4, -0.2) is 11.0 Å². The van der Waals surface area contributed by atoms with Crippen molar-refractivity contribution in [1.29, 1.82) is 0 Å². The van der Waals surface area contributed by atoms with Gasteiger partial charge in [0.05, 0.1) is 5.92 Å². The quantitative estimate of drug-likeness (QED) is 0.568. The van der Waals surface area contributed by atoms with Crippen molar-refractivity contribution in [3.63, 3.8) is 0 Å². The SMILES string of the molecule is CC1C(=O)Nc2ccc(O)cc21. The van der Waals surface area contributed by atoms with Gasteiger partial charge in [-0.05, 0) is 30.7 Å². The number of carbonyl (C=O) groups is 1. The molecule has 1 heterocycles. The van der Waals surface area contributed by atoms with E-state index in [-0.39, 0.29) is 17.6 Å². The predicted octanol–water partition coefficient (Wildman–Crippen LogP) is 1.45. The fraction of sp³-hybridized carbons (Fsp3) is 0.222. The molecule has 0 spiro atoms. The molecule has 1 amide bonds. The third kappa shape index (κ3) is 0.863. The maximum Gasteiger partial charge on any atom is 0.231 e. The lowest BCUT2D eigenvalue weighted by Gasteiger charge is -2.00. The van der Waals surface area contributed by atoms with Crippen LogP contribution in [0.25, 0.3) is 0 Å². The topological polar surface area (TPSA) is 49.3 Å². The standard InChI is InChI=1S/C9H9NO2/c1-5-7-4-6(11)2-3-8(7)10-9(5)12/h2-5,11H,1H3,(H,10,12). The molecule has 0 radical (unpaired) electrons. The zero-order valence-corrected chi connectivity index (χ0v) is 6.66. The van der Waals surface area contributed by atoms with Gasteiger partial charge in [0.25, 0.3) is 0 Å². The molecule has 0 saturated carbocycles. The molecule has 3 nitrogen and oxygen atoms in total. The zero-order valence-electron chi connectivity index (χ0n) is 6.66. The van der Waals surface area contributed by atoms with E-state index in [9.17, 15) is 4.79 Å².